The Kier molecular flexibility index (Phi) is 7.05. The molecule has 3 unspecified atom stereocenters. The summed E-state index contributed by atoms with van der Waals surface area (Å²) in [5.74, 6) is -0.291. The number of imidazole rings is 1. The van der Waals surface area contributed by atoms with Crippen molar-refractivity contribution in [3.05, 3.63) is 12.5 Å². The fourth-order valence-electron chi connectivity index (χ4n) is 2.38. The second-order valence-electron chi connectivity index (χ2n) is 5.97. The molecule has 22 heteroatoms. The first-order valence-corrected chi connectivity index (χ1v) is 12.6. The Balaban J connectivity index is 1.95. The Labute approximate surface area is 176 Å². The number of nitrogens with two attached hydrogens (primary N) is 1. The van der Waals surface area contributed by atoms with Crippen molar-refractivity contribution in [1.29, 1.82) is 0 Å². The molecule has 0 aromatic carbocycles. The lowest BCUT2D eigenvalue weighted by Crippen LogP contribution is -2.34. The van der Waals surface area contributed by atoms with Crippen LogP contribution in [0.3, 0.4) is 0 Å². The largest absolute Gasteiger partial charge is 0.560 e. The molecule has 2 aromatic heterocycles. The van der Waals surface area contributed by atoms with E-state index < -0.39 is 54.7 Å². The van der Waals surface area contributed by atoms with Gasteiger partial charge in [0.15, 0.2) is 6.29 Å². The number of fused-ring (bicyclic) bond motifs is 1. The molecule has 1 saturated heterocycles. The number of aliphatic hydroxyl groups excluding tert-OH is 3. The van der Waals surface area contributed by atoms with E-state index in [2.05, 4.69) is 23.6 Å². The number of ether oxygens (including phenoxy) is 1. The van der Waals surface area contributed by atoms with Crippen molar-refractivity contribution in [1.82, 2.24) is 19.7 Å². The number of aliphatic hydroxyl groups is 3. The maximum atomic E-state index is 13.1. The number of hydrogen-bond donors (Lipinski definition) is 7. The molecule has 32 heavy (non-hydrogen) atoms. The smallest absolute Gasteiger partial charge is 0.394 e. The van der Waals surface area contributed by atoms with E-state index in [-0.39, 0.29) is 17.1 Å². The molecule has 19 nitrogen and oxygen atoms in total. The zero-order valence-corrected chi connectivity index (χ0v) is 18.0. The maximum absolute atomic E-state index is 13.1. The van der Waals surface area contributed by atoms with E-state index in [9.17, 15) is 28.8 Å². The van der Waals surface area contributed by atoms with Crippen LogP contribution in [0.5, 0.6) is 0 Å². The second kappa shape index (κ2) is 9.00. The van der Waals surface area contributed by atoms with Gasteiger partial charge in [-0.1, -0.05) is 0 Å². The fourth-order valence-corrected chi connectivity index (χ4v) is 5.93. The number of aromatic nitrogens is 4. The van der Waals surface area contributed by atoms with Crippen LogP contribution in [0.4, 0.5) is 5.95 Å². The van der Waals surface area contributed by atoms with Crippen LogP contribution in [-0.2, 0) is 31.6 Å². The van der Waals surface area contributed by atoms with Gasteiger partial charge in [-0.05, 0) is 0 Å². The first kappa shape index (κ1) is 25.1. The summed E-state index contributed by atoms with van der Waals surface area (Å²) in [5, 5.41) is 28.9. The van der Waals surface area contributed by atoms with Gasteiger partial charge in [-0.2, -0.15) is 13.6 Å². The summed E-state index contributed by atoms with van der Waals surface area (Å²) in [6, 6.07) is 0. The zero-order valence-electron chi connectivity index (χ0n) is 15.3. The van der Waals surface area contributed by atoms with Crippen LogP contribution < -0.4 is 10.4 Å². The third-order valence-corrected chi connectivity index (χ3v) is 7.76. The number of nitrogen functional groups attached to an aromatic ring is 1. The van der Waals surface area contributed by atoms with Gasteiger partial charge in [0, 0.05) is 0 Å². The van der Waals surface area contributed by atoms with Crippen molar-refractivity contribution in [3.8, 4) is 0 Å². The Bertz CT molecular complexity index is 1120. The SMILES string of the molecule is Nc1ncc2ncn(OP(=O)(OC3O[C@H](CO)[C@@H](O)[C@H]3O)OP(=O)(O)OP(=O)(O)O)c2n1. The molecule has 1 fully saturated rings. The van der Waals surface area contributed by atoms with E-state index in [0.717, 1.165) is 12.5 Å². The van der Waals surface area contributed by atoms with Crippen molar-refractivity contribution >= 4 is 40.6 Å². The Morgan fingerprint density at radius 3 is 2.41 bits per heavy atom. The average Bonchev–Trinajstić information content (AvgIpc) is 3.14. The molecule has 0 amide bonds. The number of hydrogen-bond acceptors (Lipinski definition) is 15. The summed E-state index contributed by atoms with van der Waals surface area (Å²) in [6.07, 6.45) is -5.25. The minimum atomic E-state index is -5.85. The first-order chi connectivity index (χ1) is 14.7. The number of phosphoric acid groups is 3. The van der Waals surface area contributed by atoms with Crippen LogP contribution >= 0.6 is 23.5 Å². The fraction of sp³-hybridized carbons (Fsp3) is 0.500. The first-order valence-electron chi connectivity index (χ1n) is 8.09. The molecule has 2 aromatic rings. The topological polar surface area (TPSA) is 288 Å². The van der Waals surface area contributed by atoms with Crippen molar-refractivity contribution in [2.75, 3.05) is 12.3 Å². The monoisotopic (exact) mass is 523 g/mol. The minimum Gasteiger partial charge on any atom is -0.394 e. The normalized spacial score (nSPS) is 27.8. The van der Waals surface area contributed by atoms with E-state index in [1.54, 1.807) is 0 Å². The predicted octanol–water partition coefficient (Wildman–Crippen LogP) is -2.37. The summed E-state index contributed by atoms with van der Waals surface area (Å²) in [6.45, 7) is -0.813. The molecule has 1 aliphatic heterocycles. The van der Waals surface area contributed by atoms with Gasteiger partial charge in [0.2, 0.25) is 11.6 Å². The number of anilines is 1. The van der Waals surface area contributed by atoms with E-state index in [4.69, 9.17) is 34.5 Å². The lowest BCUT2D eigenvalue weighted by molar-refractivity contribution is -0.127. The van der Waals surface area contributed by atoms with Crippen LogP contribution in [0.15, 0.2) is 12.5 Å². The number of nitrogens with zero attached hydrogens (tertiary/aromatic N) is 4. The Morgan fingerprint density at radius 2 is 1.81 bits per heavy atom. The molecule has 0 aliphatic carbocycles. The van der Waals surface area contributed by atoms with Gasteiger partial charge in [-0.15, -0.1) is 4.73 Å². The minimum absolute atomic E-state index is 0.0253. The molecule has 1 aliphatic rings. The molecule has 0 saturated carbocycles. The molecule has 0 bridgehead atoms. The van der Waals surface area contributed by atoms with E-state index in [0.29, 0.717) is 4.73 Å². The van der Waals surface area contributed by atoms with Crippen LogP contribution in [-0.4, -0.2) is 80.9 Å². The van der Waals surface area contributed by atoms with Gasteiger partial charge in [-0.25, -0.2) is 28.2 Å². The van der Waals surface area contributed by atoms with Crippen LogP contribution in [0.2, 0.25) is 0 Å². The molecular formula is C10H16N5O14P3. The zero-order chi connectivity index (χ0) is 23.9. The summed E-state index contributed by atoms with van der Waals surface area (Å²) in [5.41, 5.74) is 5.21. The van der Waals surface area contributed by atoms with Gasteiger partial charge < -0.3 is 45.1 Å². The van der Waals surface area contributed by atoms with Gasteiger partial charge in [0.1, 0.15) is 30.2 Å². The summed E-state index contributed by atoms with van der Waals surface area (Å²) < 4.78 is 58.9. The highest BCUT2D eigenvalue weighted by Gasteiger charge is 2.51. The van der Waals surface area contributed by atoms with Crippen molar-refractivity contribution in [2.24, 2.45) is 0 Å². The molecule has 6 atom stereocenters. The molecule has 180 valence electrons. The molecule has 3 rings (SSSR count). The summed E-state index contributed by atoms with van der Waals surface area (Å²) >= 11 is 0. The van der Waals surface area contributed by atoms with Gasteiger partial charge >= 0.3 is 23.5 Å². The van der Waals surface area contributed by atoms with Crippen LogP contribution in [0.25, 0.3) is 11.2 Å². The lowest BCUT2D eigenvalue weighted by atomic mass is 10.1. The van der Waals surface area contributed by atoms with Crippen LogP contribution in [0, 0.1) is 0 Å². The van der Waals surface area contributed by atoms with Crippen LogP contribution in [0.1, 0.15) is 0 Å². The van der Waals surface area contributed by atoms with E-state index >= 15 is 0 Å². The molecule has 0 radical (unpaired) electrons. The van der Waals surface area contributed by atoms with Crippen molar-refractivity contribution in [3.63, 3.8) is 0 Å². The predicted molar refractivity (Wildman–Crippen MR) is 96.8 cm³/mol. The standard InChI is InChI=1S/C10H16N5O14P3/c11-10-12-1-4-8(14-10)15(3-13-4)27-32(24,29-31(22,23)28-30(19,20)21)26-9-7(18)6(17)5(2-16)25-9/h1,3,5-7,9,16-18H,2H2,(H,22,23)(H2,11,12,14)(H2,19,20,21)/t5-,6-,7-,9?,32?/m1/s1. The summed E-state index contributed by atoms with van der Waals surface area (Å²) in [4.78, 5) is 38.2. The molecule has 8 N–H and O–H groups in total. The highest BCUT2D eigenvalue weighted by atomic mass is 31.3. The maximum Gasteiger partial charge on any atom is 0.560 e. The second-order valence-corrected chi connectivity index (χ2v) is 10.5. The van der Waals surface area contributed by atoms with Crippen molar-refractivity contribution in [2.45, 2.75) is 24.6 Å². The average molecular weight is 523 g/mol. The molecular weight excluding hydrogens is 507 g/mol. The highest BCUT2D eigenvalue weighted by molar-refractivity contribution is 7.66. The van der Waals surface area contributed by atoms with Gasteiger partial charge in [0.05, 0.1) is 12.8 Å². The Hall–Kier alpha value is -1.56. The highest BCUT2D eigenvalue weighted by Crippen LogP contribution is 2.67. The van der Waals surface area contributed by atoms with Gasteiger partial charge in [-0.3, -0.25) is 0 Å². The third kappa shape index (κ3) is 5.86. The lowest BCUT2D eigenvalue weighted by Gasteiger charge is -2.23. The number of rotatable bonds is 9. The summed E-state index contributed by atoms with van der Waals surface area (Å²) in [7, 11) is -17.0. The van der Waals surface area contributed by atoms with Gasteiger partial charge in [0.25, 0.3) is 0 Å². The van der Waals surface area contributed by atoms with E-state index in [1.807, 2.05) is 0 Å². The Morgan fingerprint density at radius 1 is 1.12 bits per heavy atom. The van der Waals surface area contributed by atoms with E-state index in [1.165, 1.54) is 0 Å². The quantitative estimate of drug-likeness (QED) is 0.169. The van der Waals surface area contributed by atoms with Crippen molar-refractivity contribution < 1.29 is 66.2 Å². The molecule has 0 spiro atoms. The molecule has 3 heterocycles. The third-order valence-electron chi connectivity index (χ3n) is 3.61.